The van der Waals surface area contributed by atoms with Crippen LogP contribution in [0, 0.1) is 6.92 Å². The molecular weight excluding hydrogens is 276 g/mol. The summed E-state index contributed by atoms with van der Waals surface area (Å²) >= 11 is 0. The molecule has 1 fully saturated rings. The van der Waals surface area contributed by atoms with Gasteiger partial charge in [0.2, 0.25) is 0 Å². The van der Waals surface area contributed by atoms with Crippen molar-refractivity contribution in [3.63, 3.8) is 0 Å². The molecule has 3 aromatic rings. The SMILES string of the molecule is Cc1cc(-c2ccccc2)nc2cc(C3COCC[N]3)nn12. The van der Waals surface area contributed by atoms with Crippen LogP contribution in [0.5, 0.6) is 0 Å². The number of aromatic nitrogens is 3. The highest BCUT2D eigenvalue weighted by atomic mass is 16.5. The summed E-state index contributed by atoms with van der Waals surface area (Å²) in [6.45, 7) is 4.10. The number of ether oxygens (including phenoxy) is 1. The number of nitrogens with zero attached hydrogens (tertiary/aromatic N) is 4. The molecule has 22 heavy (non-hydrogen) atoms. The van der Waals surface area contributed by atoms with Crippen molar-refractivity contribution >= 4 is 5.65 Å². The van der Waals surface area contributed by atoms with Gasteiger partial charge >= 0.3 is 0 Å². The summed E-state index contributed by atoms with van der Waals surface area (Å²) in [6.07, 6.45) is 0. The van der Waals surface area contributed by atoms with Gasteiger partial charge in [-0.25, -0.2) is 14.8 Å². The van der Waals surface area contributed by atoms with Gasteiger partial charge in [-0.15, -0.1) is 0 Å². The molecule has 5 nitrogen and oxygen atoms in total. The second-order valence-electron chi connectivity index (χ2n) is 5.48. The third kappa shape index (κ3) is 2.38. The second kappa shape index (κ2) is 5.51. The second-order valence-corrected chi connectivity index (χ2v) is 5.48. The fraction of sp³-hybridized carbons (Fsp3) is 0.294. The van der Waals surface area contributed by atoms with Crippen LogP contribution in [0.1, 0.15) is 17.4 Å². The van der Waals surface area contributed by atoms with Crippen molar-refractivity contribution in [1.82, 2.24) is 19.9 Å². The van der Waals surface area contributed by atoms with Crippen LogP contribution in [0.3, 0.4) is 0 Å². The quantitative estimate of drug-likeness (QED) is 0.729. The largest absolute Gasteiger partial charge is 0.378 e. The van der Waals surface area contributed by atoms with Gasteiger partial charge in [0.1, 0.15) is 0 Å². The van der Waals surface area contributed by atoms with E-state index < -0.39 is 0 Å². The van der Waals surface area contributed by atoms with Crippen LogP contribution < -0.4 is 5.32 Å². The summed E-state index contributed by atoms with van der Waals surface area (Å²) in [5, 5.41) is 9.23. The number of rotatable bonds is 2. The minimum absolute atomic E-state index is 0.0232. The Bertz CT molecular complexity index is 791. The summed E-state index contributed by atoms with van der Waals surface area (Å²) < 4.78 is 7.37. The molecule has 4 rings (SSSR count). The van der Waals surface area contributed by atoms with E-state index in [2.05, 4.69) is 28.6 Å². The van der Waals surface area contributed by atoms with Gasteiger partial charge in [-0.2, -0.15) is 5.10 Å². The fourth-order valence-electron chi connectivity index (χ4n) is 2.76. The van der Waals surface area contributed by atoms with E-state index in [9.17, 15) is 0 Å². The Hall–Kier alpha value is -2.24. The molecule has 1 aromatic carbocycles. The Balaban J connectivity index is 1.77. The summed E-state index contributed by atoms with van der Waals surface area (Å²) in [4.78, 5) is 4.74. The smallest absolute Gasteiger partial charge is 0.156 e. The first-order valence-electron chi connectivity index (χ1n) is 7.48. The molecule has 1 aliphatic heterocycles. The molecule has 111 valence electrons. The van der Waals surface area contributed by atoms with Gasteiger partial charge in [-0.1, -0.05) is 30.3 Å². The van der Waals surface area contributed by atoms with Gasteiger partial charge in [-0.3, -0.25) is 0 Å². The van der Waals surface area contributed by atoms with E-state index in [1.54, 1.807) is 0 Å². The Kier molecular flexibility index (Phi) is 3.36. The molecule has 1 aliphatic rings. The average Bonchev–Trinajstić information content (AvgIpc) is 3.01. The minimum Gasteiger partial charge on any atom is -0.378 e. The van der Waals surface area contributed by atoms with Crippen molar-refractivity contribution in [2.75, 3.05) is 19.8 Å². The van der Waals surface area contributed by atoms with E-state index in [-0.39, 0.29) is 6.04 Å². The van der Waals surface area contributed by atoms with E-state index in [1.165, 1.54) is 0 Å². The topological polar surface area (TPSA) is 53.5 Å². The zero-order valence-electron chi connectivity index (χ0n) is 12.4. The molecule has 1 atom stereocenters. The molecule has 2 aromatic heterocycles. The average molecular weight is 293 g/mol. The number of hydrogen-bond acceptors (Lipinski definition) is 3. The van der Waals surface area contributed by atoms with Crippen molar-refractivity contribution in [2.45, 2.75) is 13.0 Å². The number of benzene rings is 1. The normalized spacial score (nSPS) is 18.7. The van der Waals surface area contributed by atoms with Crippen molar-refractivity contribution in [1.29, 1.82) is 0 Å². The first-order valence-corrected chi connectivity index (χ1v) is 7.48. The zero-order valence-corrected chi connectivity index (χ0v) is 12.4. The predicted octanol–water partition coefficient (Wildman–Crippen LogP) is 2.38. The molecule has 5 heteroatoms. The van der Waals surface area contributed by atoms with Gasteiger partial charge in [0, 0.05) is 23.9 Å². The first-order chi connectivity index (χ1) is 10.8. The molecule has 0 saturated carbocycles. The van der Waals surface area contributed by atoms with Crippen LogP contribution in [0.2, 0.25) is 0 Å². The highest BCUT2D eigenvalue weighted by molar-refractivity contribution is 5.62. The molecule has 0 bridgehead atoms. The van der Waals surface area contributed by atoms with E-state index in [0.717, 1.165) is 34.8 Å². The van der Waals surface area contributed by atoms with Crippen molar-refractivity contribution in [2.24, 2.45) is 0 Å². The lowest BCUT2D eigenvalue weighted by Gasteiger charge is -2.19. The Morgan fingerprint density at radius 2 is 2.05 bits per heavy atom. The molecule has 0 N–H and O–H groups in total. The molecule has 0 aliphatic carbocycles. The number of morpholine rings is 1. The summed E-state index contributed by atoms with van der Waals surface area (Å²) in [6, 6.07) is 14.3. The Labute approximate surface area is 128 Å². The first kappa shape index (κ1) is 13.4. The molecule has 0 amide bonds. The van der Waals surface area contributed by atoms with Crippen LogP contribution >= 0.6 is 0 Å². The Morgan fingerprint density at radius 1 is 1.18 bits per heavy atom. The van der Waals surface area contributed by atoms with Gasteiger partial charge in [0.15, 0.2) is 5.65 Å². The van der Waals surface area contributed by atoms with Crippen LogP contribution in [0.15, 0.2) is 42.5 Å². The highest BCUT2D eigenvalue weighted by Gasteiger charge is 2.20. The molecule has 1 unspecified atom stereocenters. The highest BCUT2D eigenvalue weighted by Crippen LogP contribution is 2.22. The maximum Gasteiger partial charge on any atom is 0.156 e. The maximum atomic E-state index is 5.49. The lowest BCUT2D eigenvalue weighted by atomic mass is 10.1. The molecular formula is C17H17N4O. The van der Waals surface area contributed by atoms with Crippen molar-refractivity contribution < 1.29 is 4.74 Å². The van der Waals surface area contributed by atoms with Gasteiger partial charge < -0.3 is 4.74 Å². The van der Waals surface area contributed by atoms with Crippen molar-refractivity contribution in [3.8, 4) is 11.3 Å². The van der Waals surface area contributed by atoms with Gasteiger partial charge in [0.25, 0.3) is 0 Å². The summed E-state index contributed by atoms with van der Waals surface area (Å²) in [7, 11) is 0. The third-order valence-electron chi connectivity index (χ3n) is 3.90. The lowest BCUT2D eigenvalue weighted by molar-refractivity contribution is 0.0731. The Morgan fingerprint density at radius 3 is 2.82 bits per heavy atom. The predicted molar refractivity (Wildman–Crippen MR) is 83.7 cm³/mol. The molecule has 1 radical (unpaired) electrons. The number of aryl methyl sites for hydroxylation is 1. The van der Waals surface area contributed by atoms with Crippen LogP contribution in [0.25, 0.3) is 16.9 Å². The standard InChI is InChI=1S/C17H17N4O/c1-12-9-14(13-5-3-2-4-6-13)19-17-10-15(20-21(12)17)16-11-22-8-7-18-16/h2-6,9-10,16H,7-8,11H2,1H3. The molecule has 1 saturated heterocycles. The van der Waals surface area contributed by atoms with E-state index in [1.807, 2.05) is 35.7 Å². The van der Waals surface area contributed by atoms with Crippen LogP contribution in [-0.4, -0.2) is 34.4 Å². The van der Waals surface area contributed by atoms with Crippen LogP contribution in [0.4, 0.5) is 0 Å². The monoisotopic (exact) mass is 293 g/mol. The third-order valence-corrected chi connectivity index (χ3v) is 3.90. The fourth-order valence-corrected chi connectivity index (χ4v) is 2.76. The van der Waals surface area contributed by atoms with E-state index in [4.69, 9.17) is 9.72 Å². The molecule has 3 heterocycles. The zero-order chi connectivity index (χ0) is 14.9. The summed E-state index contributed by atoms with van der Waals surface area (Å²) in [5.41, 5.74) is 4.93. The van der Waals surface area contributed by atoms with Crippen LogP contribution in [-0.2, 0) is 4.74 Å². The van der Waals surface area contributed by atoms with Crippen molar-refractivity contribution in [3.05, 3.63) is 53.9 Å². The van der Waals surface area contributed by atoms with E-state index >= 15 is 0 Å². The van der Waals surface area contributed by atoms with E-state index in [0.29, 0.717) is 13.2 Å². The molecule has 0 spiro atoms. The lowest BCUT2D eigenvalue weighted by Crippen LogP contribution is -2.29. The minimum atomic E-state index is 0.0232. The maximum absolute atomic E-state index is 5.49. The summed E-state index contributed by atoms with van der Waals surface area (Å²) in [5.74, 6) is 0. The van der Waals surface area contributed by atoms with Gasteiger partial charge in [-0.05, 0) is 13.0 Å². The number of hydrogen-bond donors (Lipinski definition) is 0. The number of fused-ring (bicyclic) bond motifs is 1. The van der Waals surface area contributed by atoms with Gasteiger partial charge in [0.05, 0.1) is 30.6 Å².